The van der Waals surface area contributed by atoms with Crippen molar-refractivity contribution in [3.05, 3.63) is 0 Å². The van der Waals surface area contributed by atoms with Gasteiger partial charge in [0.25, 0.3) is 0 Å². The molecule has 0 spiro atoms. The van der Waals surface area contributed by atoms with Crippen molar-refractivity contribution in [2.24, 2.45) is 17.4 Å². The summed E-state index contributed by atoms with van der Waals surface area (Å²) >= 11 is 1.48. The quantitative estimate of drug-likeness (QED) is 0.179. The van der Waals surface area contributed by atoms with Gasteiger partial charge in [-0.15, -0.1) is 0 Å². The first-order valence-corrected chi connectivity index (χ1v) is 11.1. The number of carbonyl (C=O) groups excluding carboxylic acids is 3. The molecule has 0 fully saturated rings. The zero-order valence-corrected chi connectivity index (χ0v) is 18.2. The van der Waals surface area contributed by atoms with Crippen LogP contribution in [0.2, 0.25) is 0 Å². The first-order valence-electron chi connectivity index (χ1n) is 9.69. The summed E-state index contributed by atoms with van der Waals surface area (Å²) in [5.41, 5.74) is 10.8. The van der Waals surface area contributed by atoms with Gasteiger partial charge in [-0.05, 0) is 50.2 Å². The first-order chi connectivity index (χ1) is 13.7. The van der Waals surface area contributed by atoms with Crippen molar-refractivity contribution < 1.29 is 24.3 Å². The number of nitrogens with two attached hydrogens (primary N) is 2. The van der Waals surface area contributed by atoms with Gasteiger partial charge in [-0.2, -0.15) is 11.8 Å². The maximum absolute atomic E-state index is 12.7. The molecule has 0 bridgehead atoms. The monoisotopic (exact) mass is 433 g/mol. The fourth-order valence-corrected chi connectivity index (χ4v) is 3.03. The second-order valence-corrected chi connectivity index (χ2v) is 8.01. The summed E-state index contributed by atoms with van der Waals surface area (Å²) in [5.74, 6) is -2.36. The van der Waals surface area contributed by atoms with Crippen LogP contribution in [0.3, 0.4) is 0 Å². The summed E-state index contributed by atoms with van der Waals surface area (Å²) in [6.07, 6.45) is 3.66. The second-order valence-electron chi connectivity index (χ2n) is 7.02. The summed E-state index contributed by atoms with van der Waals surface area (Å²) in [7, 11) is 0. The Morgan fingerprint density at radius 3 is 2.03 bits per heavy atom. The fraction of sp³-hybridized carbons (Fsp3) is 0.778. The number of carbonyl (C=O) groups is 4. The Balaban J connectivity index is 5.26. The molecule has 29 heavy (non-hydrogen) atoms. The molecule has 0 aromatic carbocycles. The Kier molecular flexibility index (Phi) is 14.1. The van der Waals surface area contributed by atoms with E-state index in [2.05, 4.69) is 16.0 Å². The number of nitrogens with one attached hydrogen (secondary N) is 3. The van der Waals surface area contributed by atoms with Crippen LogP contribution >= 0.6 is 11.8 Å². The predicted molar refractivity (Wildman–Crippen MR) is 113 cm³/mol. The third kappa shape index (κ3) is 11.1. The minimum absolute atomic E-state index is 0.230. The molecule has 0 aromatic heterocycles. The van der Waals surface area contributed by atoms with E-state index in [4.69, 9.17) is 11.5 Å². The number of aliphatic carboxylic acids is 1. The molecule has 3 amide bonds. The largest absolute Gasteiger partial charge is 0.480 e. The molecule has 3 atom stereocenters. The van der Waals surface area contributed by atoms with Crippen molar-refractivity contribution in [3.63, 3.8) is 0 Å². The molecular weight excluding hydrogens is 398 g/mol. The standard InChI is InChI=1S/C18H35N5O5S/c1-11(2)15(23-14(24)10-20)17(26)21-12(6-4-5-8-19)16(25)22-13(18(27)28)7-9-29-3/h11-13,15H,4-10,19-20H2,1-3H3,(H,21,26)(H,22,25)(H,23,24)(H,27,28). The molecule has 0 aromatic rings. The van der Waals surface area contributed by atoms with Gasteiger partial charge in [0.05, 0.1) is 6.54 Å². The van der Waals surface area contributed by atoms with Crippen LogP contribution in [0.15, 0.2) is 0 Å². The lowest BCUT2D eigenvalue weighted by Gasteiger charge is -2.26. The van der Waals surface area contributed by atoms with Gasteiger partial charge in [0.15, 0.2) is 0 Å². The predicted octanol–water partition coefficient (Wildman–Crippen LogP) is -0.978. The van der Waals surface area contributed by atoms with Gasteiger partial charge in [0.2, 0.25) is 17.7 Å². The molecule has 0 radical (unpaired) electrons. The molecule has 8 N–H and O–H groups in total. The summed E-state index contributed by atoms with van der Waals surface area (Å²) in [5, 5.41) is 17.0. The lowest BCUT2D eigenvalue weighted by atomic mass is 10.0. The molecule has 11 heteroatoms. The Morgan fingerprint density at radius 1 is 0.931 bits per heavy atom. The minimum atomic E-state index is -1.13. The number of thioether (sulfide) groups is 1. The van der Waals surface area contributed by atoms with Gasteiger partial charge in [-0.3, -0.25) is 14.4 Å². The lowest BCUT2D eigenvalue weighted by Crippen LogP contribution is -2.57. The van der Waals surface area contributed by atoms with Crippen LogP contribution in [0, 0.1) is 5.92 Å². The number of carboxylic acids is 1. The third-order valence-corrected chi connectivity index (χ3v) is 4.90. The summed E-state index contributed by atoms with van der Waals surface area (Å²) in [6, 6.07) is -2.83. The molecule has 168 valence electrons. The molecule has 3 unspecified atom stereocenters. The van der Waals surface area contributed by atoms with Crippen LogP contribution in [0.4, 0.5) is 0 Å². The highest BCUT2D eigenvalue weighted by Crippen LogP contribution is 2.07. The topological polar surface area (TPSA) is 177 Å². The maximum Gasteiger partial charge on any atom is 0.326 e. The first kappa shape index (κ1) is 27.1. The summed E-state index contributed by atoms with van der Waals surface area (Å²) in [4.78, 5) is 48.4. The molecule has 0 saturated heterocycles. The molecular formula is C18H35N5O5S. The zero-order chi connectivity index (χ0) is 22.4. The number of unbranched alkanes of at least 4 members (excludes halogenated alkanes) is 1. The van der Waals surface area contributed by atoms with Crippen LogP contribution in [0.5, 0.6) is 0 Å². The number of amides is 3. The van der Waals surface area contributed by atoms with Crippen LogP contribution in [-0.4, -0.2) is 72.0 Å². The average Bonchev–Trinajstić information content (AvgIpc) is 2.67. The Bertz CT molecular complexity index is 547. The highest BCUT2D eigenvalue weighted by atomic mass is 32.2. The molecule has 0 aliphatic rings. The number of rotatable bonds is 15. The fourth-order valence-electron chi connectivity index (χ4n) is 2.56. The lowest BCUT2D eigenvalue weighted by molar-refractivity contribution is -0.142. The van der Waals surface area contributed by atoms with E-state index in [1.165, 1.54) is 11.8 Å². The molecule has 0 heterocycles. The second kappa shape index (κ2) is 15.1. The normalized spacial score (nSPS) is 14.0. The van der Waals surface area contributed by atoms with E-state index in [1.807, 2.05) is 6.26 Å². The van der Waals surface area contributed by atoms with E-state index in [0.29, 0.717) is 31.6 Å². The highest BCUT2D eigenvalue weighted by molar-refractivity contribution is 7.98. The maximum atomic E-state index is 12.7. The molecule has 10 nitrogen and oxygen atoms in total. The number of carboxylic acid groups (broad SMARTS) is 1. The van der Waals surface area contributed by atoms with Crippen molar-refractivity contribution in [1.82, 2.24) is 16.0 Å². The van der Waals surface area contributed by atoms with E-state index >= 15 is 0 Å². The van der Waals surface area contributed by atoms with Crippen LogP contribution in [0.1, 0.15) is 39.5 Å². The third-order valence-electron chi connectivity index (χ3n) is 4.26. The molecule has 0 saturated carbocycles. The van der Waals surface area contributed by atoms with Crippen molar-refractivity contribution in [3.8, 4) is 0 Å². The Morgan fingerprint density at radius 2 is 1.55 bits per heavy atom. The smallest absolute Gasteiger partial charge is 0.326 e. The SMILES string of the molecule is CSCCC(NC(=O)C(CCCCN)NC(=O)C(NC(=O)CN)C(C)C)C(=O)O. The van der Waals surface area contributed by atoms with Crippen LogP contribution in [0.25, 0.3) is 0 Å². The van der Waals surface area contributed by atoms with Crippen molar-refractivity contribution >= 4 is 35.5 Å². The highest BCUT2D eigenvalue weighted by Gasteiger charge is 2.30. The van der Waals surface area contributed by atoms with Gasteiger partial charge in [0, 0.05) is 0 Å². The minimum Gasteiger partial charge on any atom is -0.480 e. The van der Waals surface area contributed by atoms with Crippen molar-refractivity contribution in [2.75, 3.05) is 25.1 Å². The van der Waals surface area contributed by atoms with Gasteiger partial charge < -0.3 is 32.5 Å². The van der Waals surface area contributed by atoms with E-state index < -0.39 is 41.8 Å². The summed E-state index contributed by atoms with van der Waals surface area (Å²) < 4.78 is 0. The van der Waals surface area contributed by atoms with Crippen molar-refractivity contribution in [2.45, 2.75) is 57.7 Å². The number of hydrogen-bond acceptors (Lipinski definition) is 7. The van der Waals surface area contributed by atoms with Gasteiger partial charge in [-0.1, -0.05) is 13.8 Å². The van der Waals surface area contributed by atoms with Gasteiger partial charge >= 0.3 is 5.97 Å². The number of hydrogen-bond donors (Lipinski definition) is 6. The van der Waals surface area contributed by atoms with E-state index in [-0.39, 0.29) is 18.9 Å². The van der Waals surface area contributed by atoms with E-state index in [9.17, 15) is 24.3 Å². The van der Waals surface area contributed by atoms with E-state index in [0.717, 1.165) is 0 Å². The van der Waals surface area contributed by atoms with Crippen molar-refractivity contribution in [1.29, 1.82) is 0 Å². The zero-order valence-electron chi connectivity index (χ0n) is 17.4. The molecule has 0 aliphatic heterocycles. The van der Waals surface area contributed by atoms with E-state index in [1.54, 1.807) is 13.8 Å². The van der Waals surface area contributed by atoms with Gasteiger partial charge in [-0.25, -0.2) is 4.79 Å². The van der Waals surface area contributed by atoms with Crippen LogP contribution in [-0.2, 0) is 19.2 Å². The average molecular weight is 434 g/mol. The van der Waals surface area contributed by atoms with Gasteiger partial charge in [0.1, 0.15) is 18.1 Å². The molecule has 0 aliphatic carbocycles. The Hall–Kier alpha value is -1.85. The Labute approximate surface area is 176 Å². The summed E-state index contributed by atoms with van der Waals surface area (Å²) in [6.45, 7) is 3.70. The molecule has 0 rings (SSSR count). The van der Waals surface area contributed by atoms with Crippen LogP contribution < -0.4 is 27.4 Å².